The highest BCUT2D eigenvalue weighted by Gasteiger charge is 2.55. The first-order valence-electron chi connectivity index (χ1n) is 8.74. The third kappa shape index (κ3) is 2.81. The zero-order chi connectivity index (χ0) is 17.4. The molecular formula is C16H23N5O4. The fourth-order valence-corrected chi connectivity index (χ4v) is 4.08. The quantitative estimate of drug-likeness (QED) is 0.701. The third-order valence-electron chi connectivity index (χ3n) is 5.42. The predicted molar refractivity (Wildman–Crippen MR) is 85.7 cm³/mol. The number of fused-ring (bicyclic) bond motifs is 1. The van der Waals surface area contributed by atoms with Crippen molar-refractivity contribution < 1.29 is 19.1 Å². The third-order valence-corrected chi connectivity index (χ3v) is 5.42. The van der Waals surface area contributed by atoms with E-state index in [2.05, 4.69) is 10.1 Å². The SMILES string of the molecule is Cn1cnc(C(=O)N2CC[C@H]3OCC[C@@]3(C(=O)N3CCOCC3)C2)n1. The monoisotopic (exact) mass is 349 g/mol. The van der Waals surface area contributed by atoms with Crippen LogP contribution in [0.1, 0.15) is 23.5 Å². The van der Waals surface area contributed by atoms with Gasteiger partial charge in [-0.25, -0.2) is 4.98 Å². The summed E-state index contributed by atoms with van der Waals surface area (Å²) in [5.41, 5.74) is -0.653. The molecule has 9 heteroatoms. The molecule has 0 bridgehead atoms. The Morgan fingerprint density at radius 3 is 2.72 bits per heavy atom. The molecular weight excluding hydrogens is 326 g/mol. The summed E-state index contributed by atoms with van der Waals surface area (Å²) in [6.07, 6.45) is 2.69. The molecule has 25 heavy (non-hydrogen) atoms. The molecule has 4 rings (SSSR count). The number of aryl methyl sites for hydroxylation is 1. The van der Waals surface area contributed by atoms with Crippen LogP contribution in [0.5, 0.6) is 0 Å². The van der Waals surface area contributed by atoms with Gasteiger partial charge in [0, 0.05) is 39.8 Å². The lowest BCUT2D eigenvalue weighted by atomic mass is 9.75. The Bertz CT molecular complexity index is 671. The van der Waals surface area contributed by atoms with E-state index in [1.807, 2.05) is 4.90 Å². The predicted octanol–water partition coefficient (Wildman–Crippen LogP) is -0.705. The largest absolute Gasteiger partial charge is 0.378 e. The van der Waals surface area contributed by atoms with Crippen molar-refractivity contribution in [1.29, 1.82) is 0 Å². The second-order valence-electron chi connectivity index (χ2n) is 6.93. The number of likely N-dealkylation sites (tertiary alicyclic amines) is 1. The maximum Gasteiger partial charge on any atom is 0.293 e. The van der Waals surface area contributed by atoms with Crippen molar-refractivity contribution in [3.05, 3.63) is 12.2 Å². The highest BCUT2D eigenvalue weighted by molar-refractivity contribution is 5.92. The number of amides is 2. The van der Waals surface area contributed by atoms with Crippen LogP contribution in [0.25, 0.3) is 0 Å². The molecule has 3 saturated heterocycles. The second-order valence-corrected chi connectivity index (χ2v) is 6.93. The number of carbonyl (C=O) groups excluding carboxylic acids is 2. The number of hydrogen-bond donors (Lipinski definition) is 0. The fraction of sp³-hybridized carbons (Fsp3) is 0.750. The van der Waals surface area contributed by atoms with E-state index in [0.29, 0.717) is 58.8 Å². The first-order chi connectivity index (χ1) is 12.1. The van der Waals surface area contributed by atoms with Gasteiger partial charge >= 0.3 is 0 Å². The first kappa shape index (κ1) is 16.5. The maximum absolute atomic E-state index is 13.3. The van der Waals surface area contributed by atoms with Crippen molar-refractivity contribution in [3.8, 4) is 0 Å². The van der Waals surface area contributed by atoms with Gasteiger partial charge in [-0.05, 0) is 12.8 Å². The van der Waals surface area contributed by atoms with Gasteiger partial charge < -0.3 is 19.3 Å². The van der Waals surface area contributed by atoms with Crippen LogP contribution in [0.15, 0.2) is 6.33 Å². The molecule has 1 aromatic rings. The van der Waals surface area contributed by atoms with Crippen molar-refractivity contribution in [3.63, 3.8) is 0 Å². The Balaban J connectivity index is 1.56. The molecule has 1 aromatic heterocycles. The zero-order valence-corrected chi connectivity index (χ0v) is 14.4. The van der Waals surface area contributed by atoms with E-state index in [4.69, 9.17) is 9.47 Å². The van der Waals surface area contributed by atoms with Crippen LogP contribution in [0.4, 0.5) is 0 Å². The van der Waals surface area contributed by atoms with Crippen LogP contribution in [0.2, 0.25) is 0 Å². The van der Waals surface area contributed by atoms with E-state index in [1.54, 1.807) is 11.9 Å². The van der Waals surface area contributed by atoms with E-state index in [1.165, 1.54) is 11.0 Å². The Labute approximate surface area is 145 Å². The summed E-state index contributed by atoms with van der Waals surface area (Å²) < 4.78 is 12.7. The van der Waals surface area contributed by atoms with Crippen LogP contribution in [-0.4, -0.2) is 88.5 Å². The minimum atomic E-state index is -0.653. The Morgan fingerprint density at radius 2 is 2.00 bits per heavy atom. The lowest BCUT2D eigenvalue weighted by Crippen LogP contribution is -2.60. The Hall–Kier alpha value is -2.00. The summed E-state index contributed by atoms with van der Waals surface area (Å²) in [7, 11) is 1.73. The van der Waals surface area contributed by atoms with Gasteiger partial charge in [-0.15, -0.1) is 5.10 Å². The van der Waals surface area contributed by atoms with Crippen molar-refractivity contribution in [1.82, 2.24) is 24.6 Å². The van der Waals surface area contributed by atoms with Gasteiger partial charge in [0.2, 0.25) is 11.7 Å². The molecule has 0 N–H and O–H groups in total. The van der Waals surface area contributed by atoms with E-state index >= 15 is 0 Å². The molecule has 0 aromatic carbocycles. The van der Waals surface area contributed by atoms with E-state index in [9.17, 15) is 9.59 Å². The van der Waals surface area contributed by atoms with Crippen LogP contribution in [-0.2, 0) is 21.3 Å². The molecule has 3 aliphatic heterocycles. The van der Waals surface area contributed by atoms with Crippen LogP contribution >= 0.6 is 0 Å². The van der Waals surface area contributed by atoms with Crippen LogP contribution < -0.4 is 0 Å². The summed E-state index contributed by atoms with van der Waals surface area (Å²) in [5.74, 6) is 0.0405. The number of morpholine rings is 1. The van der Waals surface area contributed by atoms with Gasteiger partial charge in [0.05, 0.1) is 24.7 Å². The minimum Gasteiger partial charge on any atom is -0.378 e. The number of ether oxygens (including phenoxy) is 2. The number of carbonyl (C=O) groups is 2. The molecule has 4 heterocycles. The topological polar surface area (TPSA) is 89.8 Å². The average Bonchev–Trinajstić information content (AvgIpc) is 3.27. The summed E-state index contributed by atoms with van der Waals surface area (Å²) in [4.78, 5) is 33.6. The highest BCUT2D eigenvalue weighted by atomic mass is 16.5. The zero-order valence-electron chi connectivity index (χ0n) is 14.4. The number of hydrogen-bond acceptors (Lipinski definition) is 6. The van der Waals surface area contributed by atoms with Gasteiger partial charge in [-0.3, -0.25) is 14.3 Å². The van der Waals surface area contributed by atoms with Crippen molar-refractivity contribution in [2.75, 3.05) is 46.0 Å². The lowest BCUT2D eigenvalue weighted by molar-refractivity contribution is -0.153. The van der Waals surface area contributed by atoms with Gasteiger partial charge in [0.1, 0.15) is 6.33 Å². The first-order valence-corrected chi connectivity index (χ1v) is 8.74. The van der Waals surface area contributed by atoms with Gasteiger partial charge in [-0.2, -0.15) is 0 Å². The van der Waals surface area contributed by atoms with Gasteiger partial charge in [-0.1, -0.05) is 0 Å². The second kappa shape index (κ2) is 6.38. The number of rotatable bonds is 2. The van der Waals surface area contributed by atoms with Crippen LogP contribution in [0, 0.1) is 5.41 Å². The van der Waals surface area contributed by atoms with Gasteiger partial charge in [0.15, 0.2) is 0 Å². The molecule has 0 saturated carbocycles. The smallest absolute Gasteiger partial charge is 0.293 e. The molecule has 2 amide bonds. The molecule has 3 fully saturated rings. The molecule has 0 spiro atoms. The molecule has 9 nitrogen and oxygen atoms in total. The molecule has 136 valence electrons. The molecule has 0 radical (unpaired) electrons. The number of aromatic nitrogens is 3. The van der Waals surface area contributed by atoms with Crippen molar-refractivity contribution in [2.24, 2.45) is 12.5 Å². The summed E-state index contributed by atoms with van der Waals surface area (Å²) >= 11 is 0. The fourth-order valence-electron chi connectivity index (χ4n) is 4.08. The van der Waals surface area contributed by atoms with Crippen molar-refractivity contribution >= 4 is 11.8 Å². The van der Waals surface area contributed by atoms with Crippen LogP contribution in [0.3, 0.4) is 0 Å². The Morgan fingerprint density at radius 1 is 1.20 bits per heavy atom. The number of piperidine rings is 1. The maximum atomic E-state index is 13.3. The highest BCUT2D eigenvalue weighted by Crippen LogP contribution is 2.42. The summed E-state index contributed by atoms with van der Waals surface area (Å²) in [6.45, 7) is 3.81. The average molecular weight is 349 g/mol. The van der Waals surface area contributed by atoms with E-state index < -0.39 is 5.41 Å². The normalized spacial score (nSPS) is 29.6. The standard InChI is InChI=1S/C16H23N5O4/c1-19-11-17-13(18-19)14(22)21-4-2-12-16(10-21,3-7-25-12)15(23)20-5-8-24-9-6-20/h11-12H,2-10H2,1H3/t12-,16-/m1/s1. The lowest BCUT2D eigenvalue weighted by Gasteiger charge is -2.45. The molecule has 3 aliphatic rings. The molecule has 2 atom stereocenters. The van der Waals surface area contributed by atoms with E-state index in [0.717, 1.165) is 0 Å². The van der Waals surface area contributed by atoms with Gasteiger partial charge in [0.25, 0.3) is 5.91 Å². The minimum absolute atomic E-state index is 0.0878. The summed E-state index contributed by atoms with van der Waals surface area (Å²) in [6, 6.07) is 0. The number of nitrogens with zero attached hydrogens (tertiary/aromatic N) is 5. The molecule has 0 aliphatic carbocycles. The summed E-state index contributed by atoms with van der Waals surface area (Å²) in [5, 5.41) is 4.10. The Kier molecular flexibility index (Phi) is 4.20. The molecule has 0 unspecified atom stereocenters. The van der Waals surface area contributed by atoms with Crippen molar-refractivity contribution in [2.45, 2.75) is 18.9 Å². The van der Waals surface area contributed by atoms with E-state index in [-0.39, 0.29) is 23.7 Å².